The maximum absolute atomic E-state index is 13.0. The van der Waals surface area contributed by atoms with E-state index in [1.54, 1.807) is 25.3 Å². The van der Waals surface area contributed by atoms with E-state index in [0.29, 0.717) is 24.3 Å². The van der Waals surface area contributed by atoms with Gasteiger partial charge in [0.2, 0.25) is 17.7 Å². The average molecular weight is 445 g/mol. The first-order chi connectivity index (χ1) is 14.8. The highest BCUT2D eigenvalue weighted by Crippen LogP contribution is 2.15. The molecule has 2 aromatic rings. The first-order valence-electron chi connectivity index (χ1n) is 9.76. The predicted molar refractivity (Wildman–Crippen MR) is 120 cm³/mol. The molecule has 8 nitrogen and oxygen atoms in total. The van der Waals surface area contributed by atoms with E-state index < -0.39 is 23.9 Å². The molecule has 0 unspecified atom stereocenters. The van der Waals surface area contributed by atoms with Crippen LogP contribution in [0.2, 0.25) is 0 Å². The van der Waals surface area contributed by atoms with Crippen LogP contribution in [0.15, 0.2) is 54.1 Å². The molecule has 0 aliphatic heterocycles. The normalized spacial score (nSPS) is 12.4. The summed E-state index contributed by atoms with van der Waals surface area (Å²) in [4.78, 5) is 37.1. The summed E-state index contributed by atoms with van der Waals surface area (Å²) in [6, 6.07) is 9.44. The summed E-state index contributed by atoms with van der Waals surface area (Å²) >= 11 is 1.52. The molecule has 0 aliphatic carbocycles. The second-order valence-electron chi connectivity index (χ2n) is 7.07. The zero-order valence-corrected chi connectivity index (χ0v) is 18.2. The van der Waals surface area contributed by atoms with Crippen LogP contribution < -0.4 is 26.8 Å². The van der Waals surface area contributed by atoms with Crippen LogP contribution in [0.25, 0.3) is 0 Å². The molecule has 1 aromatic heterocycles. The number of carbonyl (C=O) groups is 3. The van der Waals surface area contributed by atoms with E-state index >= 15 is 0 Å². The summed E-state index contributed by atoms with van der Waals surface area (Å²) in [6.07, 6.45) is 1.06. The molecule has 1 aromatic carbocycles. The summed E-state index contributed by atoms with van der Waals surface area (Å²) in [5.74, 6) is -0.830. The fraction of sp³-hybridized carbons (Fsp3) is 0.318. The Morgan fingerprint density at radius 3 is 2.45 bits per heavy atom. The molecule has 1 heterocycles. The quantitative estimate of drug-likeness (QED) is 0.369. The number of methoxy groups -OCH3 is 1. The smallest absolute Gasteiger partial charge is 0.243 e. The summed E-state index contributed by atoms with van der Waals surface area (Å²) in [5, 5.41) is 7.72. The SMILES string of the molecule is C=C(CCC(N)=O)N[C@H](Cc1cccs1)C(=O)N[C@@H](Cc1cccc(OC)c1)C(N)=O. The summed E-state index contributed by atoms with van der Waals surface area (Å²) in [5.41, 5.74) is 12.1. The van der Waals surface area contributed by atoms with E-state index in [-0.39, 0.29) is 18.7 Å². The molecular formula is C22H28N4O4S. The van der Waals surface area contributed by atoms with Gasteiger partial charge in [-0.25, -0.2) is 0 Å². The van der Waals surface area contributed by atoms with Crippen molar-refractivity contribution in [2.45, 2.75) is 37.8 Å². The van der Waals surface area contributed by atoms with Crippen LogP contribution in [-0.4, -0.2) is 36.9 Å². The van der Waals surface area contributed by atoms with Crippen molar-refractivity contribution in [1.82, 2.24) is 10.6 Å². The molecule has 2 rings (SSSR count). The highest BCUT2D eigenvalue weighted by atomic mass is 32.1. The highest BCUT2D eigenvalue weighted by Gasteiger charge is 2.25. The number of rotatable bonds is 13. The number of thiophene rings is 1. The van der Waals surface area contributed by atoms with E-state index in [0.717, 1.165) is 10.4 Å². The van der Waals surface area contributed by atoms with Crippen LogP contribution in [0.3, 0.4) is 0 Å². The number of primary amides is 2. The maximum Gasteiger partial charge on any atom is 0.243 e. The number of carbonyl (C=O) groups excluding carboxylic acids is 3. The molecule has 6 N–H and O–H groups in total. The lowest BCUT2D eigenvalue weighted by Gasteiger charge is -2.23. The first-order valence-corrected chi connectivity index (χ1v) is 10.6. The number of allylic oxidation sites excluding steroid dienone is 1. The third kappa shape index (κ3) is 8.13. The largest absolute Gasteiger partial charge is 0.497 e. The lowest BCUT2D eigenvalue weighted by atomic mass is 10.0. The van der Waals surface area contributed by atoms with Gasteiger partial charge in [0.15, 0.2) is 0 Å². The monoisotopic (exact) mass is 444 g/mol. The van der Waals surface area contributed by atoms with Crippen molar-refractivity contribution >= 4 is 29.1 Å². The number of nitrogens with two attached hydrogens (primary N) is 2. The van der Waals surface area contributed by atoms with Gasteiger partial charge in [-0.1, -0.05) is 24.8 Å². The third-order valence-electron chi connectivity index (χ3n) is 4.59. The van der Waals surface area contributed by atoms with Crippen molar-refractivity contribution in [1.29, 1.82) is 0 Å². The molecule has 0 bridgehead atoms. The molecule has 2 atom stereocenters. The molecule has 0 radical (unpaired) electrons. The molecule has 0 spiro atoms. The van der Waals surface area contributed by atoms with Gasteiger partial charge in [0.1, 0.15) is 17.8 Å². The molecule has 0 aliphatic rings. The summed E-state index contributed by atoms with van der Waals surface area (Å²) in [7, 11) is 1.55. The van der Waals surface area contributed by atoms with Gasteiger partial charge in [-0.05, 0) is 35.6 Å². The van der Waals surface area contributed by atoms with Gasteiger partial charge < -0.3 is 26.8 Å². The van der Waals surface area contributed by atoms with Gasteiger partial charge in [-0.15, -0.1) is 11.3 Å². The van der Waals surface area contributed by atoms with E-state index in [2.05, 4.69) is 17.2 Å². The van der Waals surface area contributed by atoms with E-state index in [1.165, 1.54) is 11.3 Å². The molecular weight excluding hydrogens is 416 g/mol. The Morgan fingerprint density at radius 1 is 1.06 bits per heavy atom. The number of nitrogens with one attached hydrogen (secondary N) is 2. The molecule has 3 amide bonds. The van der Waals surface area contributed by atoms with Crippen molar-refractivity contribution in [3.05, 3.63) is 64.5 Å². The predicted octanol–water partition coefficient (Wildman–Crippen LogP) is 1.25. The van der Waals surface area contributed by atoms with Crippen LogP contribution in [0.4, 0.5) is 0 Å². The third-order valence-corrected chi connectivity index (χ3v) is 5.49. The van der Waals surface area contributed by atoms with Crippen molar-refractivity contribution in [3.63, 3.8) is 0 Å². The van der Waals surface area contributed by atoms with Crippen LogP contribution >= 0.6 is 11.3 Å². The standard InChI is InChI=1S/C22H28N4O4S/c1-14(8-9-20(23)27)25-19(13-17-7-4-10-31-17)22(29)26-18(21(24)28)12-15-5-3-6-16(11-15)30-2/h3-7,10-11,18-19,25H,1,8-9,12-13H2,2H3,(H2,23,27)(H2,24,28)(H,26,29)/t18-,19+/m0/s1. The van der Waals surface area contributed by atoms with Gasteiger partial charge in [-0.3, -0.25) is 14.4 Å². The number of hydrogen-bond acceptors (Lipinski definition) is 6. The lowest BCUT2D eigenvalue weighted by Crippen LogP contribution is -2.53. The fourth-order valence-electron chi connectivity index (χ4n) is 2.96. The first kappa shape index (κ1) is 23.9. The van der Waals surface area contributed by atoms with Gasteiger partial charge >= 0.3 is 0 Å². The van der Waals surface area contributed by atoms with Gasteiger partial charge in [0.25, 0.3) is 0 Å². The Hall–Kier alpha value is -3.33. The number of ether oxygens (including phenoxy) is 1. The molecule has 0 saturated carbocycles. The van der Waals surface area contributed by atoms with Crippen LogP contribution in [0.1, 0.15) is 23.3 Å². The average Bonchev–Trinajstić information content (AvgIpc) is 3.24. The number of amides is 3. The van der Waals surface area contributed by atoms with Crippen LogP contribution in [0.5, 0.6) is 5.75 Å². The molecule has 0 fully saturated rings. The molecule has 0 saturated heterocycles. The van der Waals surface area contributed by atoms with Gasteiger partial charge in [-0.2, -0.15) is 0 Å². The maximum atomic E-state index is 13.0. The highest BCUT2D eigenvalue weighted by molar-refractivity contribution is 7.09. The minimum absolute atomic E-state index is 0.124. The topological polar surface area (TPSA) is 137 Å². The molecule has 9 heteroatoms. The fourth-order valence-corrected chi connectivity index (χ4v) is 3.71. The Balaban J connectivity index is 2.11. The van der Waals surface area contributed by atoms with Crippen molar-refractivity contribution < 1.29 is 19.1 Å². The Kier molecular flexibility index (Phi) is 9.08. The minimum Gasteiger partial charge on any atom is -0.497 e. The minimum atomic E-state index is -0.897. The summed E-state index contributed by atoms with van der Waals surface area (Å²) < 4.78 is 5.20. The molecule has 31 heavy (non-hydrogen) atoms. The summed E-state index contributed by atoms with van der Waals surface area (Å²) in [6.45, 7) is 3.88. The lowest BCUT2D eigenvalue weighted by molar-refractivity contribution is -0.128. The second kappa shape index (κ2) is 11.8. The Morgan fingerprint density at radius 2 is 1.84 bits per heavy atom. The Bertz CT molecular complexity index is 914. The van der Waals surface area contributed by atoms with E-state index in [4.69, 9.17) is 16.2 Å². The van der Waals surface area contributed by atoms with Gasteiger partial charge in [0.05, 0.1) is 7.11 Å². The zero-order valence-electron chi connectivity index (χ0n) is 17.4. The van der Waals surface area contributed by atoms with Crippen LogP contribution in [-0.2, 0) is 27.2 Å². The Labute approximate surface area is 185 Å². The van der Waals surface area contributed by atoms with Gasteiger partial charge in [0, 0.05) is 29.8 Å². The van der Waals surface area contributed by atoms with E-state index in [1.807, 2.05) is 23.6 Å². The van der Waals surface area contributed by atoms with E-state index in [9.17, 15) is 14.4 Å². The van der Waals surface area contributed by atoms with Crippen molar-refractivity contribution in [3.8, 4) is 5.75 Å². The van der Waals surface area contributed by atoms with Crippen molar-refractivity contribution in [2.75, 3.05) is 7.11 Å². The second-order valence-corrected chi connectivity index (χ2v) is 8.10. The number of hydrogen-bond donors (Lipinski definition) is 4. The molecule has 166 valence electrons. The number of benzene rings is 1. The van der Waals surface area contributed by atoms with Crippen molar-refractivity contribution in [2.24, 2.45) is 11.5 Å². The zero-order chi connectivity index (χ0) is 22.8. The van der Waals surface area contributed by atoms with Crippen LogP contribution in [0, 0.1) is 0 Å².